The predicted octanol–water partition coefficient (Wildman–Crippen LogP) is 3.58. The van der Waals surface area contributed by atoms with Crippen LogP contribution in [-0.2, 0) is 14.3 Å². The van der Waals surface area contributed by atoms with Crippen molar-refractivity contribution in [2.24, 2.45) is 57.7 Å². The summed E-state index contributed by atoms with van der Waals surface area (Å²) in [5, 5.41) is 34.7. The van der Waals surface area contributed by atoms with Crippen molar-refractivity contribution >= 4 is 11.8 Å². The first-order chi connectivity index (χ1) is 17.4. The summed E-state index contributed by atoms with van der Waals surface area (Å²) in [5.41, 5.74) is -3.05. The standard InChI is InChI=1S/C31H42O6/c1-15-10-30-16(2)5-22-23(28(22,3)4)21(25(30)34)9-20(14-32)24(33)31(30,36)26(15)37-27(35)29-11-17-6-18(12-29)8-19(7-17)13-29/h9-10,16-19,21-24,26,32-33,36H,5-8,11-14H2,1-4H3/t16-,17?,18?,19?,21?,22-,23+,24-,26+,29?,30+,31+/m1/s1. The zero-order valence-electron chi connectivity index (χ0n) is 22.6. The monoisotopic (exact) mass is 510 g/mol. The molecule has 6 nitrogen and oxygen atoms in total. The summed E-state index contributed by atoms with van der Waals surface area (Å²) in [6.07, 6.45) is 7.85. The third-order valence-electron chi connectivity index (χ3n) is 12.6. The van der Waals surface area contributed by atoms with Crippen molar-refractivity contribution in [2.45, 2.75) is 90.4 Å². The van der Waals surface area contributed by atoms with Crippen molar-refractivity contribution < 1.29 is 29.6 Å². The van der Waals surface area contributed by atoms with Crippen LogP contribution in [0.25, 0.3) is 0 Å². The van der Waals surface area contributed by atoms with E-state index in [1.807, 2.05) is 19.9 Å². The normalized spacial score (nSPS) is 54.5. The van der Waals surface area contributed by atoms with Gasteiger partial charge >= 0.3 is 5.97 Å². The number of ether oxygens (including phenoxy) is 1. The van der Waals surface area contributed by atoms with Crippen molar-refractivity contribution in [3.63, 3.8) is 0 Å². The first kappa shape index (κ1) is 24.5. The Labute approximate surface area is 219 Å². The number of Topliss-reactive ketones (excluding diaryl/α,β-unsaturated/α-hetero) is 1. The average Bonchev–Trinajstić information content (AvgIpc) is 3.31. The molecule has 8 aliphatic rings. The highest BCUT2D eigenvalue weighted by Crippen LogP contribution is 2.72. The van der Waals surface area contributed by atoms with E-state index in [1.165, 1.54) is 19.3 Å². The van der Waals surface area contributed by atoms with E-state index in [-0.39, 0.29) is 34.6 Å². The Balaban J connectivity index is 1.30. The Kier molecular flexibility index (Phi) is 4.88. The SMILES string of the molecule is CC1=C[C@]23C(=O)C(C=C(CO)[C@@H](O)[C@]2(O)[C@H]1OC(=O)C12CC4CC(CC(C4)C1)C2)[C@H]1[C@@H](C[C@H]3C)C1(C)C. The van der Waals surface area contributed by atoms with Crippen LogP contribution in [0.2, 0.25) is 0 Å². The van der Waals surface area contributed by atoms with Gasteiger partial charge in [-0.1, -0.05) is 32.9 Å². The molecule has 6 saturated carbocycles. The van der Waals surface area contributed by atoms with E-state index < -0.39 is 41.2 Å². The third kappa shape index (κ3) is 2.83. The number of carbonyl (C=O) groups excluding carboxylic acids is 2. The maximum Gasteiger partial charge on any atom is 0.312 e. The average molecular weight is 511 g/mol. The van der Waals surface area contributed by atoms with E-state index in [2.05, 4.69) is 13.8 Å². The van der Waals surface area contributed by atoms with Gasteiger partial charge in [-0.25, -0.2) is 0 Å². The molecule has 37 heavy (non-hydrogen) atoms. The minimum atomic E-state index is -2.05. The Bertz CT molecular complexity index is 1100. The number of esters is 1. The van der Waals surface area contributed by atoms with Crippen molar-refractivity contribution in [3.8, 4) is 0 Å². The van der Waals surface area contributed by atoms with Gasteiger partial charge < -0.3 is 20.1 Å². The minimum Gasteiger partial charge on any atom is -0.454 e. The molecule has 8 rings (SSSR count). The number of allylic oxidation sites excluding steroid dienone is 1. The lowest BCUT2D eigenvalue weighted by molar-refractivity contribution is -0.214. The fraction of sp³-hybridized carbons (Fsp3) is 0.806. The molecule has 1 spiro atoms. The maximum absolute atomic E-state index is 14.5. The van der Waals surface area contributed by atoms with E-state index in [1.54, 1.807) is 6.08 Å². The van der Waals surface area contributed by atoms with Crippen molar-refractivity contribution in [1.29, 1.82) is 0 Å². The Morgan fingerprint density at radius 2 is 1.68 bits per heavy atom. The van der Waals surface area contributed by atoms with Crippen LogP contribution in [0.1, 0.15) is 72.6 Å². The van der Waals surface area contributed by atoms with Crippen molar-refractivity contribution in [1.82, 2.24) is 0 Å². The van der Waals surface area contributed by atoms with Crippen molar-refractivity contribution in [3.05, 3.63) is 23.3 Å². The lowest BCUT2D eigenvalue weighted by Gasteiger charge is -2.55. The molecule has 8 atom stereocenters. The first-order valence-electron chi connectivity index (χ1n) is 14.6. The molecule has 0 aromatic rings. The van der Waals surface area contributed by atoms with Gasteiger partial charge in [0.2, 0.25) is 0 Å². The fourth-order valence-corrected chi connectivity index (χ4v) is 11.2. The molecular weight excluding hydrogens is 468 g/mol. The van der Waals surface area contributed by atoms with E-state index >= 15 is 0 Å². The van der Waals surface area contributed by atoms with Crippen LogP contribution in [0, 0.1) is 57.7 Å². The molecule has 0 aliphatic heterocycles. The van der Waals surface area contributed by atoms with E-state index in [0.717, 1.165) is 25.7 Å². The summed E-state index contributed by atoms with van der Waals surface area (Å²) in [5.74, 6) is 1.04. The van der Waals surface area contributed by atoms with Crippen LogP contribution >= 0.6 is 0 Å². The second-order valence-corrected chi connectivity index (χ2v) is 14.8. The summed E-state index contributed by atoms with van der Waals surface area (Å²) in [7, 11) is 0. The van der Waals surface area contributed by atoms with E-state index in [4.69, 9.17) is 4.74 Å². The second-order valence-electron chi connectivity index (χ2n) is 14.8. The number of carbonyl (C=O) groups is 2. The van der Waals surface area contributed by atoms with Crippen LogP contribution in [0.3, 0.4) is 0 Å². The predicted molar refractivity (Wildman–Crippen MR) is 136 cm³/mol. The quantitative estimate of drug-likeness (QED) is 0.396. The molecule has 3 N–H and O–H groups in total. The summed E-state index contributed by atoms with van der Waals surface area (Å²) in [6, 6.07) is 0. The summed E-state index contributed by atoms with van der Waals surface area (Å²) < 4.78 is 6.32. The number of ketones is 1. The second kappa shape index (κ2) is 7.37. The molecule has 0 heterocycles. The van der Waals surface area contributed by atoms with Crippen LogP contribution in [0.5, 0.6) is 0 Å². The summed E-state index contributed by atoms with van der Waals surface area (Å²) >= 11 is 0. The van der Waals surface area contributed by atoms with Gasteiger partial charge in [0, 0.05) is 5.92 Å². The van der Waals surface area contributed by atoms with Gasteiger partial charge in [-0.2, -0.15) is 0 Å². The molecule has 0 radical (unpaired) electrons. The van der Waals surface area contributed by atoms with Gasteiger partial charge in [0.1, 0.15) is 6.10 Å². The number of aliphatic hydroxyl groups is 3. The molecule has 0 aromatic carbocycles. The summed E-state index contributed by atoms with van der Waals surface area (Å²) in [4.78, 5) is 28.5. The van der Waals surface area contributed by atoms with Gasteiger partial charge in [-0.15, -0.1) is 0 Å². The molecule has 202 valence electrons. The molecule has 8 aliphatic carbocycles. The highest BCUT2D eigenvalue weighted by Gasteiger charge is 2.76. The maximum atomic E-state index is 14.5. The lowest BCUT2D eigenvalue weighted by atomic mass is 9.49. The van der Waals surface area contributed by atoms with E-state index in [9.17, 15) is 24.9 Å². The van der Waals surface area contributed by atoms with Gasteiger partial charge in [0.25, 0.3) is 0 Å². The highest BCUT2D eigenvalue weighted by atomic mass is 16.6. The molecule has 6 heteroatoms. The number of rotatable bonds is 3. The zero-order chi connectivity index (χ0) is 26.3. The first-order valence-corrected chi connectivity index (χ1v) is 14.6. The van der Waals surface area contributed by atoms with Gasteiger partial charge in [0.05, 0.1) is 17.4 Å². The Hall–Kier alpha value is -1.50. The van der Waals surface area contributed by atoms with Crippen LogP contribution in [0.4, 0.5) is 0 Å². The van der Waals surface area contributed by atoms with Crippen molar-refractivity contribution in [2.75, 3.05) is 6.61 Å². The molecule has 6 bridgehead atoms. The van der Waals surface area contributed by atoms with Crippen LogP contribution < -0.4 is 0 Å². The molecule has 0 saturated heterocycles. The molecule has 6 fully saturated rings. The molecule has 1 unspecified atom stereocenters. The minimum absolute atomic E-state index is 0.0115. The number of aliphatic hydroxyl groups excluding tert-OH is 2. The fourth-order valence-electron chi connectivity index (χ4n) is 11.2. The molecular formula is C31H42O6. The third-order valence-corrected chi connectivity index (χ3v) is 12.6. The van der Waals surface area contributed by atoms with Gasteiger partial charge in [0.15, 0.2) is 17.5 Å². The van der Waals surface area contributed by atoms with Crippen LogP contribution in [0.15, 0.2) is 23.3 Å². The number of hydrogen-bond donors (Lipinski definition) is 3. The topological polar surface area (TPSA) is 104 Å². The highest BCUT2D eigenvalue weighted by molar-refractivity contribution is 5.95. The van der Waals surface area contributed by atoms with Gasteiger partial charge in [-0.3, -0.25) is 9.59 Å². The Morgan fingerprint density at radius 3 is 2.24 bits per heavy atom. The largest absolute Gasteiger partial charge is 0.454 e. The number of hydrogen-bond acceptors (Lipinski definition) is 6. The lowest BCUT2D eigenvalue weighted by Crippen LogP contribution is -2.66. The van der Waals surface area contributed by atoms with Gasteiger partial charge in [-0.05, 0) is 104 Å². The Morgan fingerprint density at radius 1 is 1.08 bits per heavy atom. The molecule has 0 amide bonds. The van der Waals surface area contributed by atoms with Crippen LogP contribution in [-0.4, -0.2) is 51.5 Å². The number of fused-ring (bicyclic) bond motifs is 3. The van der Waals surface area contributed by atoms with E-state index in [0.29, 0.717) is 29.2 Å². The smallest absolute Gasteiger partial charge is 0.312 e. The zero-order valence-corrected chi connectivity index (χ0v) is 22.6. The summed E-state index contributed by atoms with van der Waals surface area (Å²) in [6.45, 7) is 7.74. The molecule has 0 aromatic heterocycles.